The molecule has 2 atom stereocenters. The van der Waals surface area contributed by atoms with Gasteiger partial charge in [-0.2, -0.15) is 11.8 Å². The lowest BCUT2D eigenvalue weighted by Crippen LogP contribution is -2.04. The quantitative estimate of drug-likeness (QED) is 0.694. The van der Waals surface area contributed by atoms with Crippen molar-refractivity contribution in [2.24, 2.45) is 5.92 Å². The molecule has 72 valence electrons. The minimum Gasteiger partial charge on any atom is -0.157 e. The summed E-state index contributed by atoms with van der Waals surface area (Å²) in [5, 5.41) is 0.659. The first-order chi connectivity index (χ1) is 6.29. The monoisotopic (exact) mass is 194 g/mol. The van der Waals surface area contributed by atoms with Crippen molar-refractivity contribution in [3.8, 4) is 0 Å². The molecule has 1 rings (SSSR count). The van der Waals surface area contributed by atoms with Crippen molar-refractivity contribution in [1.29, 1.82) is 0 Å². The van der Waals surface area contributed by atoms with Crippen LogP contribution in [-0.2, 0) is 0 Å². The predicted molar refractivity (Wildman–Crippen MR) is 62.2 cm³/mol. The Bertz CT molecular complexity index is 230. The van der Waals surface area contributed by atoms with Gasteiger partial charge in [-0.3, -0.25) is 0 Å². The van der Waals surface area contributed by atoms with E-state index in [1.165, 1.54) is 12.0 Å². The highest BCUT2D eigenvalue weighted by Gasteiger charge is 2.15. The van der Waals surface area contributed by atoms with Crippen LogP contribution >= 0.6 is 11.8 Å². The van der Waals surface area contributed by atoms with Crippen LogP contribution in [0.25, 0.3) is 0 Å². The molecule has 13 heavy (non-hydrogen) atoms. The first-order valence-electron chi connectivity index (χ1n) is 4.87. The van der Waals surface area contributed by atoms with E-state index in [2.05, 4.69) is 50.4 Å². The van der Waals surface area contributed by atoms with Crippen molar-refractivity contribution in [1.82, 2.24) is 0 Å². The third-order valence-electron chi connectivity index (χ3n) is 2.54. The Hall–Kier alpha value is -0.430. The fourth-order valence-corrected chi connectivity index (χ4v) is 2.64. The van der Waals surface area contributed by atoms with Crippen LogP contribution in [0.2, 0.25) is 0 Å². The highest BCUT2D eigenvalue weighted by Crippen LogP contribution is 2.35. The fourth-order valence-electron chi connectivity index (χ4n) is 1.55. The smallest absolute Gasteiger partial charge is 0.0319 e. The van der Waals surface area contributed by atoms with Crippen molar-refractivity contribution in [2.45, 2.75) is 25.5 Å². The Kier molecular flexibility index (Phi) is 4.37. The summed E-state index contributed by atoms with van der Waals surface area (Å²) >= 11 is 1.96. The summed E-state index contributed by atoms with van der Waals surface area (Å²) in [7, 11) is 0. The van der Waals surface area contributed by atoms with Gasteiger partial charge >= 0.3 is 0 Å². The summed E-state index contributed by atoms with van der Waals surface area (Å²) in [4.78, 5) is 0. The molecule has 0 saturated heterocycles. The van der Waals surface area contributed by atoms with E-state index in [1.54, 1.807) is 0 Å². The minimum absolute atomic E-state index is 0.659. The molecule has 0 bridgehead atoms. The maximum absolute atomic E-state index is 2.33. The highest BCUT2D eigenvalue weighted by molar-refractivity contribution is 7.98. The number of benzene rings is 1. The summed E-state index contributed by atoms with van der Waals surface area (Å²) in [6, 6.07) is 10.8. The molecule has 1 heteroatoms. The highest BCUT2D eigenvalue weighted by atomic mass is 32.2. The Morgan fingerprint density at radius 3 is 2.31 bits per heavy atom. The van der Waals surface area contributed by atoms with Gasteiger partial charge in [0.1, 0.15) is 0 Å². The normalized spacial score (nSPS) is 15.3. The van der Waals surface area contributed by atoms with Crippen LogP contribution in [0.15, 0.2) is 30.3 Å². The molecule has 2 unspecified atom stereocenters. The minimum atomic E-state index is 0.659. The topological polar surface area (TPSA) is 0 Å². The van der Waals surface area contributed by atoms with Crippen LogP contribution in [0, 0.1) is 5.92 Å². The molecule has 1 aromatic rings. The van der Waals surface area contributed by atoms with Crippen molar-refractivity contribution in [3.63, 3.8) is 0 Å². The summed E-state index contributed by atoms with van der Waals surface area (Å²) in [5.74, 6) is 0.761. The van der Waals surface area contributed by atoms with Gasteiger partial charge in [-0.1, -0.05) is 50.6 Å². The first kappa shape index (κ1) is 10.6. The van der Waals surface area contributed by atoms with Crippen LogP contribution in [0.1, 0.15) is 31.1 Å². The van der Waals surface area contributed by atoms with Gasteiger partial charge in [0.15, 0.2) is 0 Å². The maximum Gasteiger partial charge on any atom is 0.0319 e. The molecule has 0 heterocycles. The van der Waals surface area contributed by atoms with Gasteiger partial charge in [-0.25, -0.2) is 0 Å². The lowest BCUT2D eigenvalue weighted by Gasteiger charge is -2.21. The zero-order valence-electron chi connectivity index (χ0n) is 8.66. The standard InChI is InChI=1S/C12H18S/c1-4-10(2)12(13-3)11-8-6-5-7-9-11/h5-10,12H,4H2,1-3H3. The molecule has 0 amide bonds. The van der Waals surface area contributed by atoms with Crippen LogP contribution in [0.3, 0.4) is 0 Å². The molecule has 0 nitrogen and oxygen atoms in total. The SMILES string of the molecule is CCC(C)C(SC)c1ccccc1. The van der Waals surface area contributed by atoms with E-state index in [1.807, 2.05) is 11.8 Å². The van der Waals surface area contributed by atoms with Crippen LogP contribution in [0.4, 0.5) is 0 Å². The second-order valence-corrected chi connectivity index (χ2v) is 4.43. The zero-order valence-corrected chi connectivity index (χ0v) is 9.47. The van der Waals surface area contributed by atoms with Gasteiger partial charge in [-0.15, -0.1) is 0 Å². The van der Waals surface area contributed by atoms with E-state index in [-0.39, 0.29) is 0 Å². The predicted octanol–water partition coefficient (Wildman–Crippen LogP) is 4.14. The molecule has 1 aromatic carbocycles. The average molecular weight is 194 g/mol. The molecule has 0 N–H and O–H groups in total. The molecule has 0 aromatic heterocycles. The van der Waals surface area contributed by atoms with E-state index in [9.17, 15) is 0 Å². The largest absolute Gasteiger partial charge is 0.157 e. The maximum atomic E-state index is 2.33. The van der Waals surface area contributed by atoms with Crippen molar-refractivity contribution >= 4 is 11.8 Å². The van der Waals surface area contributed by atoms with E-state index in [4.69, 9.17) is 0 Å². The van der Waals surface area contributed by atoms with Gasteiger partial charge < -0.3 is 0 Å². The Morgan fingerprint density at radius 1 is 1.23 bits per heavy atom. The Labute approximate surface area is 85.7 Å². The van der Waals surface area contributed by atoms with E-state index >= 15 is 0 Å². The molecule has 0 saturated carbocycles. The van der Waals surface area contributed by atoms with Gasteiger partial charge in [0.05, 0.1) is 0 Å². The fraction of sp³-hybridized carbons (Fsp3) is 0.500. The summed E-state index contributed by atoms with van der Waals surface area (Å²) in [6.07, 6.45) is 3.45. The number of thioether (sulfide) groups is 1. The number of hydrogen-bond acceptors (Lipinski definition) is 1. The third-order valence-corrected chi connectivity index (χ3v) is 3.79. The first-order valence-corrected chi connectivity index (χ1v) is 6.16. The van der Waals surface area contributed by atoms with E-state index in [0.717, 1.165) is 5.92 Å². The molecule has 0 fully saturated rings. The second-order valence-electron chi connectivity index (χ2n) is 3.45. The summed E-state index contributed by atoms with van der Waals surface area (Å²) in [5.41, 5.74) is 1.46. The van der Waals surface area contributed by atoms with Crippen LogP contribution in [0.5, 0.6) is 0 Å². The molecule has 0 aliphatic heterocycles. The Balaban J connectivity index is 2.78. The van der Waals surface area contributed by atoms with Crippen molar-refractivity contribution in [3.05, 3.63) is 35.9 Å². The van der Waals surface area contributed by atoms with Crippen LogP contribution < -0.4 is 0 Å². The number of hydrogen-bond donors (Lipinski definition) is 0. The molecule has 0 aliphatic rings. The van der Waals surface area contributed by atoms with Crippen LogP contribution in [-0.4, -0.2) is 6.26 Å². The summed E-state index contributed by atoms with van der Waals surface area (Å²) in [6.45, 7) is 4.59. The molecule has 0 aliphatic carbocycles. The summed E-state index contributed by atoms with van der Waals surface area (Å²) < 4.78 is 0. The van der Waals surface area contributed by atoms with Gasteiger partial charge in [0.25, 0.3) is 0 Å². The zero-order chi connectivity index (χ0) is 9.68. The average Bonchev–Trinajstić information content (AvgIpc) is 2.20. The van der Waals surface area contributed by atoms with E-state index in [0.29, 0.717) is 5.25 Å². The van der Waals surface area contributed by atoms with Crippen molar-refractivity contribution < 1.29 is 0 Å². The lowest BCUT2D eigenvalue weighted by atomic mass is 9.98. The van der Waals surface area contributed by atoms with Gasteiger partial charge in [-0.05, 0) is 17.7 Å². The number of rotatable bonds is 4. The molecule has 0 radical (unpaired) electrons. The third kappa shape index (κ3) is 2.77. The molecular weight excluding hydrogens is 176 g/mol. The van der Waals surface area contributed by atoms with Crippen molar-refractivity contribution in [2.75, 3.05) is 6.26 Å². The second kappa shape index (κ2) is 5.33. The molecular formula is C12H18S. The lowest BCUT2D eigenvalue weighted by molar-refractivity contribution is 0.549. The molecule has 0 spiro atoms. The van der Waals surface area contributed by atoms with E-state index < -0.39 is 0 Å². The van der Waals surface area contributed by atoms with Gasteiger partial charge in [0.2, 0.25) is 0 Å². The van der Waals surface area contributed by atoms with Gasteiger partial charge in [0, 0.05) is 5.25 Å². The Morgan fingerprint density at radius 2 is 1.85 bits per heavy atom.